The van der Waals surface area contributed by atoms with Crippen LogP contribution in [0, 0.1) is 0 Å². The monoisotopic (exact) mass is 376 g/mol. The van der Waals surface area contributed by atoms with Crippen LogP contribution in [0.15, 0.2) is 60.9 Å². The summed E-state index contributed by atoms with van der Waals surface area (Å²) < 4.78 is 6.25. The van der Waals surface area contributed by atoms with Crippen LogP contribution in [-0.4, -0.2) is 28.0 Å². The van der Waals surface area contributed by atoms with Crippen molar-refractivity contribution in [2.75, 3.05) is 7.11 Å². The molecule has 27 heavy (non-hydrogen) atoms. The van der Waals surface area contributed by atoms with Gasteiger partial charge in [0.25, 0.3) is 5.91 Å². The number of hydrogen-bond acceptors (Lipinski definition) is 6. The number of amides is 1. The summed E-state index contributed by atoms with van der Waals surface area (Å²) in [7, 11) is 1.61. The van der Waals surface area contributed by atoms with Gasteiger partial charge < -0.3 is 10.1 Å². The van der Waals surface area contributed by atoms with Crippen LogP contribution in [0.5, 0.6) is 5.75 Å². The minimum absolute atomic E-state index is 0.263. The van der Waals surface area contributed by atoms with Crippen molar-refractivity contribution < 1.29 is 9.53 Å². The molecule has 0 bridgehead atoms. The molecule has 1 N–H and O–H groups in total. The molecule has 0 unspecified atom stereocenters. The number of thiazole rings is 1. The van der Waals surface area contributed by atoms with Gasteiger partial charge in [-0.2, -0.15) is 0 Å². The number of carbonyl (C=O) groups is 1. The highest BCUT2D eigenvalue weighted by atomic mass is 32.1. The van der Waals surface area contributed by atoms with Crippen molar-refractivity contribution in [1.82, 2.24) is 20.3 Å². The first-order valence-electron chi connectivity index (χ1n) is 8.32. The van der Waals surface area contributed by atoms with E-state index >= 15 is 0 Å². The Balaban J connectivity index is 1.59. The molecule has 4 rings (SSSR count). The quantitative estimate of drug-likeness (QED) is 0.575. The van der Waals surface area contributed by atoms with Crippen molar-refractivity contribution >= 4 is 27.5 Å². The van der Waals surface area contributed by atoms with Crippen LogP contribution >= 0.6 is 11.3 Å². The number of nitrogens with zero attached hydrogens (tertiary/aromatic N) is 3. The fraction of sp³-hybridized carbons (Fsp3) is 0.100. The van der Waals surface area contributed by atoms with Gasteiger partial charge in [0.05, 0.1) is 17.3 Å². The van der Waals surface area contributed by atoms with E-state index in [4.69, 9.17) is 4.74 Å². The molecule has 0 radical (unpaired) electrons. The molecule has 0 atom stereocenters. The highest BCUT2D eigenvalue weighted by molar-refractivity contribution is 7.21. The summed E-state index contributed by atoms with van der Waals surface area (Å²) in [4.78, 5) is 25.9. The zero-order chi connectivity index (χ0) is 18.6. The molecule has 0 spiro atoms. The normalized spacial score (nSPS) is 10.7. The Hall–Kier alpha value is -3.32. The van der Waals surface area contributed by atoms with Gasteiger partial charge in [-0.05, 0) is 29.8 Å². The summed E-state index contributed by atoms with van der Waals surface area (Å²) in [5.74, 6) is 0.455. The molecule has 2 aromatic carbocycles. The summed E-state index contributed by atoms with van der Waals surface area (Å²) in [5, 5.41) is 3.57. The largest absolute Gasteiger partial charge is 0.497 e. The third kappa shape index (κ3) is 3.63. The number of ether oxygens (including phenoxy) is 1. The Bertz CT molecular complexity index is 1080. The maximum Gasteiger partial charge on any atom is 0.272 e. The number of rotatable bonds is 5. The molecule has 0 aliphatic heterocycles. The van der Waals surface area contributed by atoms with E-state index in [1.165, 1.54) is 17.5 Å². The third-order valence-corrected chi connectivity index (χ3v) is 5.04. The van der Waals surface area contributed by atoms with Gasteiger partial charge in [-0.25, -0.2) is 15.0 Å². The van der Waals surface area contributed by atoms with Crippen molar-refractivity contribution in [3.63, 3.8) is 0 Å². The van der Waals surface area contributed by atoms with Crippen molar-refractivity contribution in [3.05, 3.63) is 72.2 Å². The first-order chi connectivity index (χ1) is 13.2. The lowest BCUT2D eigenvalue weighted by atomic mass is 10.2. The zero-order valence-electron chi connectivity index (χ0n) is 14.5. The van der Waals surface area contributed by atoms with Gasteiger partial charge in [-0.1, -0.05) is 24.3 Å². The Morgan fingerprint density at radius 2 is 1.96 bits per heavy atom. The van der Waals surface area contributed by atoms with Crippen LogP contribution in [0.3, 0.4) is 0 Å². The SMILES string of the molecule is COc1cccc(CNC(=O)c2nccnc2-c2nc3ccccc3s2)c1. The van der Waals surface area contributed by atoms with E-state index in [1.54, 1.807) is 13.3 Å². The average molecular weight is 376 g/mol. The van der Waals surface area contributed by atoms with Gasteiger partial charge in [0.2, 0.25) is 0 Å². The van der Waals surface area contributed by atoms with Crippen molar-refractivity contribution in [2.24, 2.45) is 0 Å². The lowest BCUT2D eigenvalue weighted by molar-refractivity contribution is 0.0946. The Morgan fingerprint density at radius 1 is 1.11 bits per heavy atom. The predicted octanol–water partition coefficient (Wildman–Crippen LogP) is 3.69. The van der Waals surface area contributed by atoms with E-state index in [9.17, 15) is 4.79 Å². The maximum absolute atomic E-state index is 12.7. The lowest BCUT2D eigenvalue weighted by Crippen LogP contribution is -2.24. The van der Waals surface area contributed by atoms with Crippen molar-refractivity contribution in [1.29, 1.82) is 0 Å². The van der Waals surface area contributed by atoms with Crippen molar-refractivity contribution in [2.45, 2.75) is 6.54 Å². The second-order valence-electron chi connectivity index (χ2n) is 5.77. The van der Waals surface area contributed by atoms with Gasteiger partial charge in [-0.3, -0.25) is 4.79 Å². The predicted molar refractivity (Wildman–Crippen MR) is 105 cm³/mol. The summed E-state index contributed by atoms with van der Waals surface area (Å²) >= 11 is 1.49. The summed E-state index contributed by atoms with van der Waals surface area (Å²) in [5.41, 5.74) is 2.57. The average Bonchev–Trinajstić information content (AvgIpc) is 3.16. The van der Waals surface area contributed by atoms with Crippen LogP contribution in [0.2, 0.25) is 0 Å². The van der Waals surface area contributed by atoms with Gasteiger partial charge >= 0.3 is 0 Å². The van der Waals surface area contributed by atoms with E-state index < -0.39 is 0 Å². The molecule has 2 aromatic heterocycles. The van der Waals surface area contributed by atoms with Gasteiger partial charge in [-0.15, -0.1) is 11.3 Å². The zero-order valence-corrected chi connectivity index (χ0v) is 15.4. The minimum atomic E-state index is -0.292. The summed E-state index contributed by atoms with van der Waals surface area (Å²) in [6.07, 6.45) is 3.08. The molecule has 0 saturated carbocycles. The molecule has 0 aliphatic rings. The van der Waals surface area contributed by atoms with Gasteiger partial charge in [0, 0.05) is 18.9 Å². The van der Waals surface area contributed by atoms with E-state index in [0.29, 0.717) is 17.2 Å². The molecule has 134 valence electrons. The Morgan fingerprint density at radius 3 is 2.81 bits per heavy atom. The molecule has 2 heterocycles. The second-order valence-corrected chi connectivity index (χ2v) is 6.81. The van der Waals surface area contributed by atoms with Crippen LogP contribution < -0.4 is 10.1 Å². The molecule has 1 amide bonds. The Kier molecular flexibility index (Phi) is 4.76. The fourth-order valence-electron chi connectivity index (χ4n) is 2.68. The van der Waals surface area contributed by atoms with Crippen LogP contribution in [0.4, 0.5) is 0 Å². The molecular formula is C20H16N4O2S. The number of hydrogen-bond donors (Lipinski definition) is 1. The minimum Gasteiger partial charge on any atom is -0.497 e. The molecule has 6 nitrogen and oxygen atoms in total. The van der Waals surface area contributed by atoms with E-state index in [1.807, 2.05) is 48.5 Å². The number of fused-ring (bicyclic) bond motifs is 1. The topological polar surface area (TPSA) is 77.0 Å². The fourth-order valence-corrected chi connectivity index (χ4v) is 3.65. The molecule has 0 aliphatic carbocycles. The van der Waals surface area contributed by atoms with Crippen LogP contribution in [0.1, 0.15) is 16.1 Å². The Labute approximate surface area is 159 Å². The summed E-state index contributed by atoms with van der Waals surface area (Å²) in [6.45, 7) is 0.367. The number of nitrogens with one attached hydrogen (secondary N) is 1. The maximum atomic E-state index is 12.7. The highest BCUT2D eigenvalue weighted by Gasteiger charge is 2.18. The van der Waals surface area contributed by atoms with Crippen LogP contribution in [-0.2, 0) is 6.54 Å². The number of para-hydroxylation sites is 1. The molecule has 7 heteroatoms. The van der Waals surface area contributed by atoms with Crippen LogP contribution in [0.25, 0.3) is 20.9 Å². The molecule has 0 fully saturated rings. The van der Waals surface area contributed by atoms with E-state index in [0.717, 1.165) is 21.5 Å². The smallest absolute Gasteiger partial charge is 0.272 e. The van der Waals surface area contributed by atoms with E-state index in [-0.39, 0.29) is 11.6 Å². The first kappa shape index (κ1) is 17.1. The first-order valence-corrected chi connectivity index (χ1v) is 9.14. The number of aromatic nitrogens is 3. The van der Waals surface area contributed by atoms with E-state index in [2.05, 4.69) is 20.3 Å². The van der Waals surface area contributed by atoms with Gasteiger partial charge in [0.15, 0.2) is 5.69 Å². The highest BCUT2D eigenvalue weighted by Crippen LogP contribution is 2.30. The molecule has 0 saturated heterocycles. The third-order valence-electron chi connectivity index (χ3n) is 4.00. The van der Waals surface area contributed by atoms with Gasteiger partial charge in [0.1, 0.15) is 16.5 Å². The lowest BCUT2D eigenvalue weighted by Gasteiger charge is -2.08. The standard InChI is InChI=1S/C20H16N4O2S/c1-26-14-6-4-5-13(11-14)12-23-19(25)17-18(22-10-9-21-17)20-24-15-7-2-3-8-16(15)27-20/h2-11H,12H2,1H3,(H,23,25). The number of benzene rings is 2. The number of methoxy groups -OCH3 is 1. The second kappa shape index (κ2) is 7.51. The molecule has 4 aromatic rings. The molecular weight excluding hydrogens is 360 g/mol. The number of carbonyl (C=O) groups excluding carboxylic acids is 1. The van der Waals surface area contributed by atoms with Crippen molar-refractivity contribution in [3.8, 4) is 16.5 Å². The summed E-state index contributed by atoms with van der Waals surface area (Å²) in [6, 6.07) is 15.4.